The van der Waals surface area contributed by atoms with Crippen LogP contribution in [-0.4, -0.2) is 22.2 Å². The second-order valence-electron chi connectivity index (χ2n) is 4.19. The van der Waals surface area contributed by atoms with Gasteiger partial charge in [0.2, 0.25) is 0 Å². The van der Waals surface area contributed by atoms with Crippen molar-refractivity contribution in [3.8, 4) is 0 Å². The van der Waals surface area contributed by atoms with Crippen LogP contribution in [0, 0.1) is 0 Å². The van der Waals surface area contributed by atoms with Gasteiger partial charge in [0.25, 0.3) is 0 Å². The minimum atomic E-state index is -2.76. The van der Waals surface area contributed by atoms with Crippen molar-refractivity contribution in [3.63, 3.8) is 0 Å². The van der Waals surface area contributed by atoms with Gasteiger partial charge in [-0.05, 0) is 6.04 Å². The molecule has 0 saturated heterocycles. The molecule has 11 heavy (non-hydrogen) atoms. The molecule has 2 nitrogen and oxygen atoms in total. The summed E-state index contributed by atoms with van der Waals surface area (Å²) >= 11 is 0. The number of allylic oxidation sites excluding steroid dienone is 1. The fraction of sp³-hybridized carbons (Fsp3) is 0.714. The van der Waals surface area contributed by atoms with Gasteiger partial charge in [0.1, 0.15) is 0 Å². The van der Waals surface area contributed by atoms with Gasteiger partial charge in [-0.3, -0.25) is 0 Å². The highest BCUT2D eigenvalue weighted by Gasteiger charge is 2.29. The van der Waals surface area contributed by atoms with Gasteiger partial charge in [0, 0.05) is 13.0 Å². The lowest BCUT2D eigenvalue weighted by Gasteiger charge is -2.22. The smallest absolute Gasteiger partial charge is 0.177 e. The highest BCUT2D eigenvalue weighted by Crippen LogP contribution is 2.27. The van der Waals surface area contributed by atoms with Crippen LogP contribution in [0.5, 0.6) is 0 Å². The van der Waals surface area contributed by atoms with Crippen molar-refractivity contribution in [1.29, 1.82) is 0 Å². The quantitative estimate of drug-likeness (QED) is 0.620. The van der Waals surface area contributed by atoms with Crippen LogP contribution in [0.1, 0.15) is 0 Å². The summed E-state index contributed by atoms with van der Waals surface area (Å²) in [6, 6.07) is 0.815. The Bertz CT molecular complexity index is 282. The van der Waals surface area contributed by atoms with E-state index in [0.717, 1.165) is 6.04 Å². The molecule has 1 aliphatic rings. The normalized spacial score (nSPS) is 22.3. The summed E-state index contributed by atoms with van der Waals surface area (Å²) in [5.74, 6) is 0.271. The largest absolute Gasteiger partial charge is 0.224 e. The van der Waals surface area contributed by atoms with Gasteiger partial charge in [0.05, 0.1) is 5.75 Å². The first-order valence-corrected chi connectivity index (χ1v) is 9.09. The third kappa shape index (κ3) is 2.17. The highest BCUT2D eigenvalue weighted by atomic mass is 32.2. The second-order valence-corrected chi connectivity index (χ2v) is 11.8. The van der Waals surface area contributed by atoms with E-state index in [1.165, 1.54) is 0 Å². The predicted molar refractivity (Wildman–Crippen MR) is 50.0 cm³/mol. The first kappa shape index (κ1) is 9.00. The van der Waals surface area contributed by atoms with E-state index in [0.29, 0.717) is 4.91 Å². The molecule has 0 radical (unpaired) electrons. The van der Waals surface area contributed by atoms with Crippen LogP contribution in [0.2, 0.25) is 25.7 Å². The van der Waals surface area contributed by atoms with Crippen LogP contribution in [0.15, 0.2) is 11.0 Å². The molecule has 0 N–H and O–H groups in total. The Labute approximate surface area is 69.2 Å². The standard InChI is InChI=1S/C7H14O2SSi/c1-11(2,3)6-7-4-5-10(7,8)9/h4H,5-6H2,1-3H3. The van der Waals surface area contributed by atoms with E-state index < -0.39 is 17.9 Å². The molecule has 1 heterocycles. The molecule has 0 bridgehead atoms. The molecular formula is C7H14O2SSi. The van der Waals surface area contributed by atoms with E-state index >= 15 is 0 Å². The van der Waals surface area contributed by atoms with E-state index in [2.05, 4.69) is 19.6 Å². The minimum Gasteiger partial charge on any atom is -0.224 e. The molecule has 0 aromatic carbocycles. The van der Waals surface area contributed by atoms with Gasteiger partial charge >= 0.3 is 0 Å². The Morgan fingerprint density at radius 1 is 1.45 bits per heavy atom. The molecular weight excluding hydrogens is 176 g/mol. The average Bonchev–Trinajstić information content (AvgIpc) is 1.79. The molecule has 0 aromatic heterocycles. The summed E-state index contributed by atoms with van der Waals surface area (Å²) in [5, 5.41) is 0. The van der Waals surface area contributed by atoms with Gasteiger partial charge in [-0.15, -0.1) is 0 Å². The van der Waals surface area contributed by atoms with Crippen molar-refractivity contribution in [2.75, 3.05) is 5.75 Å². The molecule has 0 atom stereocenters. The molecule has 0 spiro atoms. The Hall–Kier alpha value is -0.0931. The molecule has 1 rings (SSSR count). The number of rotatable bonds is 2. The highest BCUT2D eigenvalue weighted by molar-refractivity contribution is 7.96. The second kappa shape index (κ2) is 2.45. The number of hydrogen-bond acceptors (Lipinski definition) is 2. The summed E-state index contributed by atoms with van der Waals surface area (Å²) in [6.07, 6.45) is 1.84. The van der Waals surface area contributed by atoms with Crippen LogP contribution in [0.25, 0.3) is 0 Å². The summed E-state index contributed by atoms with van der Waals surface area (Å²) in [5.41, 5.74) is 0. The molecule has 1 aliphatic heterocycles. The number of sulfone groups is 1. The van der Waals surface area contributed by atoms with Gasteiger partial charge in [-0.25, -0.2) is 8.42 Å². The Balaban J connectivity index is 2.69. The number of hydrogen-bond donors (Lipinski definition) is 0. The van der Waals surface area contributed by atoms with Gasteiger partial charge < -0.3 is 0 Å². The maximum absolute atomic E-state index is 11.0. The summed E-state index contributed by atoms with van der Waals surface area (Å²) in [4.78, 5) is 0.691. The van der Waals surface area contributed by atoms with Gasteiger partial charge in [0.15, 0.2) is 9.84 Å². The molecule has 0 aromatic rings. The van der Waals surface area contributed by atoms with Crippen molar-refractivity contribution >= 4 is 17.9 Å². The monoisotopic (exact) mass is 190 g/mol. The van der Waals surface area contributed by atoms with Crippen molar-refractivity contribution < 1.29 is 8.42 Å². The third-order valence-electron chi connectivity index (χ3n) is 1.63. The lowest BCUT2D eigenvalue weighted by atomic mass is 10.5. The Morgan fingerprint density at radius 3 is 2.09 bits per heavy atom. The molecule has 0 fully saturated rings. The summed E-state index contributed by atoms with van der Waals surface area (Å²) in [7, 11) is -3.99. The molecule has 0 unspecified atom stereocenters. The van der Waals surface area contributed by atoms with Gasteiger partial charge in [-0.1, -0.05) is 25.7 Å². The molecule has 0 saturated carbocycles. The molecule has 0 aliphatic carbocycles. The molecule has 64 valence electrons. The van der Waals surface area contributed by atoms with Crippen LogP contribution >= 0.6 is 0 Å². The molecule has 0 amide bonds. The van der Waals surface area contributed by atoms with E-state index in [4.69, 9.17) is 0 Å². The lowest BCUT2D eigenvalue weighted by Crippen LogP contribution is -2.27. The van der Waals surface area contributed by atoms with E-state index in [9.17, 15) is 8.42 Å². The zero-order valence-electron chi connectivity index (χ0n) is 7.22. The fourth-order valence-corrected chi connectivity index (χ4v) is 5.09. The van der Waals surface area contributed by atoms with Gasteiger partial charge in [-0.2, -0.15) is 0 Å². The van der Waals surface area contributed by atoms with Crippen molar-refractivity contribution in [2.24, 2.45) is 0 Å². The zero-order chi connectivity index (χ0) is 8.70. The van der Waals surface area contributed by atoms with Crippen LogP contribution in [0.3, 0.4) is 0 Å². The zero-order valence-corrected chi connectivity index (χ0v) is 9.03. The van der Waals surface area contributed by atoms with E-state index in [-0.39, 0.29) is 5.75 Å². The summed E-state index contributed by atoms with van der Waals surface area (Å²) in [6.45, 7) is 6.55. The SMILES string of the molecule is C[Si](C)(C)CC1=CCS1(=O)=O. The Morgan fingerprint density at radius 2 is 2.00 bits per heavy atom. The van der Waals surface area contributed by atoms with Crippen LogP contribution in [0.4, 0.5) is 0 Å². The van der Waals surface area contributed by atoms with E-state index in [1.807, 2.05) is 6.08 Å². The van der Waals surface area contributed by atoms with Crippen molar-refractivity contribution in [2.45, 2.75) is 25.7 Å². The fourth-order valence-electron chi connectivity index (χ4n) is 1.04. The first-order chi connectivity index (χ1) is 4.81. The third-order valence-corrected chi connectivity index (χ3v) is 5.05. The predicted octanol–water partition coefficient (Wildman–Crippen LogP) is 1.64. The van der Waals surface area contributed by atoms with Crippen molar-refractivity contribution in [3.05, 3.63) is 11.0 Å². The van der Waals surface area contributed by atoms with E-state index in [1.54, 1.807) is 0 Å². The molecule has 4 heteroatoms. The van der Waals surface area contributed by atoms with Crippen LogP contribution < -0.4 is 0 Å². The summed E-state index contributed by atoms with van der Waals surface area (Å²) < 4.78 is 22.1. The average molecular weight is 190 g/mol. The van der Waals surface area contributed by atoms with Crippen molar-refractivity contribution in [1.82, 2.24) is 0 Å². The first-order valence-electron chi connectivity index (χ1n) is 3.73. The van der Waals surface area contributed by atoms with Crippen LogP contribution in [-0.2, 0) is 9.84 Å². The lowest BCUT2D eigenvalue weighted by molar-refractivity contribution is 0.601. The maximum Gasteiger partial charge on any atom is 0.177 e. The Kier molecular flexibility index (Phi) is 2.01. The topological polar surface area (TPSA) is 34.1 Å². The minimum absolute atomic E-state index is 0.271. The maximum atomic E-state index is 11.0.